The highest BCUT2D eigenvalue weighted by Gasteiger charge is 2.23. The summed E-state index contributed by atoms with van der Waals surface area (Å²) in [6.07, 6.45) is 1.44. The van der Waals surface area contributed by atoms with E-state index in [0.717, 1.165) is 6.07 Å². The maximum Gasteiger partial charge on any atom is 0.256 e. The largest absolute Gasteiger partial charge is 0.384 e. The summed E-state index contributed by atoms with van der Waals surface area (Å²) in [5.74, 6) is -0.689. The fourth-order valence-electron chi connectivity index (χ4n) is 3.21. The third-order valence-electron chi connectivity index (χ3n) is 4.48. The molecule has 0 unspecified atom stereocenters. The van der Waals surface area contributed by atoms with Crippen LogP contribution in [0.2, 0.25) is 5.02 Å². The molecule has 0 spiro atoms. The molecule has 136 valence electrons. The molecule has 2 N–H and O–H groups in total. The van der Waals surface area contributed by atoms with Gasteiger partial charge in [0.2, 0.25) is 5.43 Å². The Balaban J connectivity index is 2.20. The third-order valence-corrected chi connectivity index (χ3v) is 4.74. The molecule has 2 aromatic carbocycles. The zero-order valence-electron chi connectivity index (χ0n) is 14.4. The van der Waals surface area contributed by atoms with Gasteiger partial charge in [0, 0.05) is 30.9 Å². The van der Waals surface area contributed by atoms with E-state index in [1.165, 1.54) is 13.2 Å². The van der Waals surface area contributed by atoms with Crippen LogP contribution in [0.3, 0.4) is 0 Å². The number of imidazole rings is 1. The SMILES string of the molecule is CNC(=O)c1cn2c(-c3ccc(Cl)cc3)nc3c(NC)c(F)cc(c1=O)c32. The smallest absolute Gasteiger partial charge is 0.256 e. The number of rotatable bonds is 3. The van der Waals surface area contributed by atoms with Gasteiger partial charge in [-0.15, -0.1) is 0 Å². The molecular weight excluding hydrogens is 371 g/mol. The maximum absolute atomic E-state index is 14.6. The molecule has 0 fully saturated rings. The second-order valence-corrected chi connectivity index (χ2v) is 6.43. The Morgan fingerprint density at radius 1 is 1.22 bits per heavy atom. The molecule has 0 atom stereocenters. The number of halogens is 2. The van der Waals surface area contributed by atoms with Crippen molar-refractivity contribution in [2.75, 3.05) is 19.4 Å². The topological polar surface area (TPSA) is 75.5 Å². The highest BCUT2D eigenvalue weighted by Crippen LogP contribution is 2.33. The first-order valence-corrected chi connectivity index (χ1v) is 8.50. The predicted molar refractivity (Wildman–Crippen MR) is 103 cm³/mol. The number of carbonyl (C=O) groups is 1. The molecule has 0 aliphatic carbocycles. The number of nitrogens with one attached hydrogen (secondary N) is 2. The maximum atomic E-state index is 14.6. The highest BCUT2D eigenvalue weighted by atomic mass is 35.5. The summed E-state index contributed by atoms with van der Waals surface area (Å²) in [5.41, 5.74) is 1.03. The van der Waals surface area contributed by atoms with Gasteiger partial charge in [-0.2, -0.15) is 0 Å². The van der Waals surface area contributed by atoms with E-state index >= 15 is 0 Å². The summed E-state index contributed by atoms with van der Waals surface area (Å²) in [6, 6.07) is 8.09. The molecule has 2 heterocycles. The molecule has 1 amide bonds. The lowest BCUT2D eigenvalue weighted by Crippen LogP contribution is -2.26. The molecule has 8 heteroatoms. The zero-order chi connectivity index (χ0) is 19.3. The van der Waals surface area contributed by atoms with Crippen molar-refractivity contribution in [1.82, 2.24) is 14.7 Å². The van der Waals surface area contributed by atoms with Crippen LogP contribution < -0.4 is 16.1 Å². The Kier molecular flexibility index (Phi) is 3.96. The summed E-state index contributed by atoms with van der Waals surface area (Å²) >= 11 is 5.96. The van der Waals surface area contributed by atoms with Crippen LogP contribution in [0.15, 0.2) is 41.3 Å². The van der Waals surface area contributed by atoms with Gasteiger partial charge >= 0.3 is 0 Å². The van der Waals surface area contributed by atoms with E-state index in [2.05, 4.69) is 15.6 Å². The number of hydrogen-bond donors (Lipinski definition) is 2. The second-order valence-electron chi connectivity index (χ2n) is 5.99. The van der Waals surface area contributed by atoms with Crippen LogP contribution in [0.5, 0.6) is 0 Å². The minimum absolute atomic E-state index is 0.0869. The summed E-state index contributed by atoms with van der Waals surface area (Å²) in [4.78, 5) is 29.5. The number of amides is 1. The van der Waals surface area contributed by atoms with Crippen LogP contribution in [0.1, 0.15) is 10.4 Å². The molecule has 2 aromatic heterocycles. The van der Waals surface area contributed by atoms with Crippen molar-refractivity contribution in [1.29, 1.82) is 0 Å². The van der Waals surface area contributed by atoms with Crippen LogP contribution in [-0.4, -0.2) is 29.4 Å². The zero-order valence-corrected chi connectivity index (χ0v) is 15.2. The first kappa shape index (κ1) is 17.2. The normalized spacial score (nSPS) is 11.3. The Bertz CT molecular complexity index is 1250. The van der Waals surface area contributed by atoms with E-state index in [-0.39, 0.29) is 16.6 Å². The van der Waals surface area contributed by atoms with Gasteiger partial charge in [0.15, 0.2) is 0 Å². The minimum Gasteiger partial charge on any atom is -0.384 e. The lowest BCUT2D eigenvalue weighted by molar-refractivity contribution is 0.0962. The molecule has 4 rings (SSSR count). The van der Waals surface area contributed by atoms with Gasteiger partial charge in [-0.3, -0.25) is 14.0 Å². The van der Waals surface area contributed by atoms with Crippen LogP contribution in [-0.2, 0) is 0 Å². The molecule has 0 bridgehead atoms. The van der Waals surface area contributed by atoms with Gasteiger partial charge in [0.25, 0.3) is 5.91 Å². The van der Waals surface area contributed by atoms with Gasteiger partial charge in [-0.25, -0.2) is 9.37 Å². The first-order chi connectivity index (χ1) is 13.0. The number of benzene rings is 2. The number of pyridine rings is 1. The summed E-state index contributed by atoms with van der Waals surface area (Å²) in [7, 11) is 3.01. The monoisotopic (exact) mass is 384 g/mol. The lowest BCUT2D eigenvalue weighted by Gasteiger charge is -2.08. The standard InChI is InChI=1S/C19H14ClFN4O2/c1-22-14-13(21)7-11-16-15(14)24-18(9-3-5-10(20)6-4-9)25(16)8-12(17(11)26)19(27)23-2/h3-8,22H,1-2H3,(H,23,27). The molecule has 0 saturated heterocycles. The van der Waals surface area contributed by atoms with E-state index in [1.807, 2.05) is 0 Å². The van der Waals surface area contributed by atoms with Crippen LogP contribution in [0.25, 0.3) is 27.8 Å². The van der Waals surface area contributed by atoms with Gasteiger partial charge in [-0.05, 0) is 30.3 Å². The van der Waals surface area contributed by atoms with Crippen molar-refractivity contribution < 1.29 is 9.18 Å². The van der Waals surface area contributed by atoms with Crippen molar-refractivity contribution in [2.24, 2.45) is 0 Å². The van der Waals surface area contributed by atoms with E-state index in [9.17, 15) is 14.0 Å². The van der Waals surface area contributed by atoms with E-state index < -0.39 is 17.2 Å². The van der Waals surface area contributed by atoms with Crippen LogP contribution in [0, 0.1) is 5.82 Å². The molecule has 27 heavy (non-hydrogen) atoms. The van der Waals surface area contributed by atoms with Gasteiger partial charge in [0.1, 0.15) is 22.7 Å². The highest BCUT2D eigenvalue weighted by molar-refractivity contribution is 6.30. The van der Waals surface area contributed by atoms with E-state index in [1.54, 1.807) is 35.7 Å². The van der Waals surface area contributed by atoms with Crippen molar-refractivity contribution in [3.05, 3.63) is 63.2 Å². The Morgan fingerprint density at radius 3 is 2.56 bits per heavy atom. The molecule has 4 aromatic rings. The number of hydrogen-bond acceptors (Lipinski definition) is 4. The first-order valence-electron chi connectivity index (χ1n) is 8.13. The van der Waals surface area contributed by atoms with Crippen molar-refractivity contribution in [2.45, 2.75) is 0 Å². The fourth-order valence-corrected chi connectivity index (χ4v) is 3.34. The lowest BCUT2D eigenvalue weighted by atomic mass is 10.1. The predicted octanol–water partition coefficient (Wildman–Crippen LogP) is 3.15. The van der Waals surface area contributed by atoms with Crippen molar-refractivity contribution in [3.63, 3.8) is 0 Å². The second kappa shape index (κ2) is 6.21. The number of aromatic nitrogens is 2. The van der Waals surface area contributed by atoms with Gasteiger partial charge in [0.05, 0.1) is 16.6 Å². The Labute approximate surface area is 157 Å². The molecule has 6 nitrogen and oxygen atoms in total. The van der Waals surface area contributed by atoms with E-state index in [0.29, 0.717) is 27.4 Å². The molecule has 0 radical (unpaired) electrons. The Morgan fingerprint density at radius 2 is 1.93 bits per heavy atom. The molecule has 0 aliphatic rings. The minimum atomic E-state index is -0.612. The quantitative estimate of drug-likeness (QED) is 0.569. The van der Waals surface area contributed by atoms with E-state index in [4.69, 9.17) is 11.6 Å². The summed E-state index contributed by atoms with van der Waals surface area (Å²) in [6.45, 7) is 0. The number of carbonyl (C=O) groups excluding carboxylic acids is 1. The van der Waals surface area contributed by atoms with Gasteiger partial charge in [-0.1, -0.05) is 11.6 Å². The van der Waals surface area contributed by atoms with Crippen molar-refractivity contribution in [3.8, 4) is 11.4 Å². The van der Waals surface area contributed by atoms with Gasteiger partial charge < -0.3 is 10.6 Å². The average Bonchev–Trinajstić information content (AvgIpc) is 3.04. The molecule has 0 aliphatic heterocycles. The third kappa shape index (κ3) is 2.50. The average molecular weight is 385 g/mol. The molecular formula is C19H14ClFN4O2. The number of anilines is 1. The van der Waals surface area contributed by atoms with Crippen LogP contribution >= 0.6 is 11.6 Å². The number of nitrogens with zero attached hydrogens (tertiary/aromatic N) is 2. The molecule has 0 saturated carbocycles. The fraction of sp³-hybridized carbons (Fsp3) is 0.105. The Hall–Kier alpha value is -3.19. The van der Waals surface area contributed by atoms with Crippen molar-refractivity contribution >= 4 is 39.6 Å². The summed E-state index contributed by atoms with van der Waals surface area (Å²) < 4.78 is 16.2. The summed E-state index contributed by atoms with van der Waals surface area (Å²) in [5, 5.41) is 5.89. The van der Waals surface area contributed by atoms with Crippen LogP contribution in [0.4, 0.5) is 10.1 Å².